The Morgan fingerprint density at radius 2 is 2.18 bits per heavy atom. The zero-order valence-corrected chi connectivity index (χ0v) is 12.0. The number of non-ortho nitro benzene ring substituents is 1. The van der Waals surface area contributed by atoms with Crippen molar-refractivity contribution in [3.63, 3.8) is 0 Å². The molecular formula is C15H14N4O3. The summed E-state index contributed by atoms with van der Waals surface area (Å²) < 4.78 is 1.31. The van der Waals surface area contributed by atoms with E-state index in [-0.39, 0.29) is 17.7 Å². The Hall–Kier alpha value is -3.01. The molecule has 2 rings (SSSR count). The lowest BCUT2D eigenvalue weighted by molar-refractivity contribution is -0.384. The Balaban J connectivity index is 2.60. The van der Waals surface area contributed by atoms with Gasteiger partial charge in [0.25, 0.3) is 11.2 Å². The van der Waals surface area contributed by atoms with Crippen LogP contribution in [0.25, 0.3) is 11.3 Å². The van der Waals surface area contributed by atoms with Crippen LogP contribution in [0, 0.1) is 21.4 Å². The maximum atomic E-state index is 12.1. The summed E-state index contributed by atoms with van der Waals surface area (Å²) in [5, 5.41) is 23.9. The van der Waals surface area contributed by atoms with E-state index < -0.39 is 4.92 Å². The van der Waals surface area contributed by atoms with Crippen molar-refractivity contribution in [2.24, 2.45) is 0 Å². The van der Waals surface area contributed by atoms with Gasteiger partial charge in [-0.2, -0.15) is 10.4 Å². The summed E-state index contributed by atoms with van der Waals surface area (Å²) in [4.78, 5) is 22.5. The number of aromatic nitrogens is 2. The van der Waals surface area contributed by atoms with Crippen molar-refractivity contribution in [3.8, 4) is 17.3 Å². The fourth-order valence-electron chi connectivity index (χ4n) is 2.09. The summed E-state index contributed by atoms with van der Waals surface area (Å²) in [6.45, 7) is 2.35. The molecule has 0 N–H and O–H groups in total. The summed E-state index contributed by atoms with van der Waals surface area (Å²) in [7, 11) is 0. The summed E-state index contributed by atoms with van der Waals surface area (Å²) in [6.07, 6.45) is 0.699. The smallest absolute Gasteiger partial charge is 0.267 e. The van der Waals surface area contributed by atoms with Gasteiger partial charge < -0.3 is 0 Å². The van der Waals surface area contributed by atoms with Crippen LogP contribution in [0.3, 0.4) is 0 Å². The van der Waals surface area contributed by atoms with Crippen LogP contribution < -0.4 is 5.56 Å². The molecule has 7 nitrogen and oxygen atoms in total. The average molecular weight is 298 g/mol. The normalized spacial score (nSPS) is 10.2. The Kier molecular flexibility index (Phi) is 4.63. The summed E-state index contributed by atoms with van der Waals surface area (Å²) >= 11 is 0. The van der Waals surface area contributed by atoms with Gasteiger partial charge in [-0.15, -0.1) is 0 Å². The van der Waals surface area contributed by atoms with Crippen molar-refractivity contribution in [1.82, 2.24) is 9.78 Å². The van der Waals surface area contributed by atoms with Gasteiger partial charge in [-0.25, -0.2) is 4.68 Å². The van der Waals surface area contributed by atoms with Gasteiger partial charge in [0.1, 0.15) is 0 Å². The predicted octanol–water partition coefficient (Wildman–Crippen LogP) is 2.29. The van der Waals surface area contributed by atoms with Crippen LogP contribution in [0.2, 0.25) is 0 Å². The first-order chi connectivity index (χ1) is 10.6. The molecule has 7 heteroatoms. The third kappa shape index (κ3) is 3.17. The Labute approximate surface area is 126 Å². The van der Waals surface area contributed by atoms with E-state index in [0.717, 1.165) is 6.42 Å². The van der Waals surface area contributed by atoms with E-state index in [4.69, 9.17) is 5.26 Å². The Bertz CT molecular complexity index is 805. The predicted molar refractivity (Wildman–Crippen MR) is 80.2 cm³/mol. The van der Waals surface area contributed by atoms with Gasteiger partial charge in [0, 0.05) is 29.8 Å². The standard InChI is InChI=1S/C15H14N4O3/c1-2-8-18-15(20)12(6-7-16)10-14(17-18)11-4-3-5-13(9-11)19(21)22/h3-5,9-10H,2,6,8H2,1H3. The molecule has 0 bridgehead atoms. The Morgan fingerprint density at radius 3 is 2.82 bits per heavy atom. The van der Waals surface area contributed by atoms with Crippen molar-refractivity contribution in [3.05, 3.63) is 56.4 Å². The van der Waals surface area contributed by atoms with Gasteiger partial charge in [-0.3, -0.25) is 14.9 Å². The average Bonchev–Trinajstić information content (AvgIpc) is 2.51. The number of hydrogen-bond acceptors (Lipinski definition) is 5. The number of aryl methyl sites for hydroxylation is 1. The van der Waals surface area contributed by atoms with Crippen LogP contribution in [0.15, 0.2) is 35.1 Å². The van der Waals surface area contributed by atoms with E-state index in [0.29, 0.717) is 23.4 Å². The van der Waals surface area contributed by atoms with E-state index in [1.807, 2.05) is 13.0 Å². The molecule has 1 heterocycles. The molecule has 1 aromatic heterocycles. The molecular weight excluding hydrogens is 284 g/mol. The molecule has 22 heavy (non-hydrogen) atoms. The number of nitro benzene ring substituents is 1. The highest BCUT2D eigenvalue weighted by molar-refractivity contribution is 5.62. The van der Waals surface area contributed by atoms with Gasteiger partial charge in [-0.1, -0.05) is 19.1 Å². The van der Waals surface area contributed by atoms with Gasteiger partial charge in [0.05, 0.1) is 23.1 Å². The van der Waals surface area contributed by atoms with Crippen LogP contribution in [0.4, 0.5) is 5.69 Å². The lowest BCUT2D eigenvalue weighted by atomic mass is 10.1. The highest BCUT2D eigenvalue weighted by Gasteiger charge is 2.12. The molecule has 0 atom stereocenters. The minimum Gasteiger partial charge on any atom is -0.267 e. The molecule has 0 aliphatic heterocycles. The number of benzene rings is 1. The molecule has 112 valence electrons. The van der Waals surface area contributed by atoms with Gasteiger partial charge >= 0.3 is 0 Å². The highest BCUT2D eigenvalue weighted by Crippen LogP contribution is 2.22. The third-order valence-corrected chi connectivity index (χ3v) is 3.11. The third-order valence-electron chi connectivity index (χ3n) is 3.11. The number of nitriles is 1. The largest absolute Gasteiger partial charge is 0.271 e. The first-order valence-electron chi connectivity index (χ1n) is 6.79. The van der Waals surface area contributed by atoms with Crippen LogP contribution in [0.5, 0.6) is 0 Å². The van der Waals surface area contributed by atoms with Crippen LogP contribution in [-0.2, 0) is 13.0 Å². The zero-order chi connectivity index (χ0) is 16.1. The molecule has 0 radical (unpaired) electrons. The second-order valence-electron chi connectivity index (χ2n) is 4.73. The van der Waals surface area contributed by atoms with E-state index in [1.165, 1.54) is 22.9 Å². The molecule has 0 spiro atoms. The Morgan fingerprint density at radius 1 is 1.41 bits per heavy atom. The highest BCUT2D eigenvalue weighted by atomic mass is 16.6. The number of rotatable bonds is 5. The van der Waals surface area contributed by atoms with E-state index >= 15 is 0 Å². The van der Waals surface area contributed by atoms with Crippen molar-refractivity contribution < 1.29 is 4.92 Å². The monoisotopic (exact) mass is 298 g/mol. The molecule has 0 fully saturated rings. The zero-order valence-electron chi connectivity index (χ0n) is 12.0. The fraction of sp³-hybridized carbons (Fsp3) is 0.267. The summed E-state index contributed by atoms with van der Waals surface area (Å²) in [5.41, 5.74) is 0.986. The first-order valence-corrected chi connectivity index (χ1v) is 6.79. The van der Waals surface area contributed by atoms with Crippen LogP contribution in [-0.4, -0.2) is 14.7 Å². The lowest BCUT2D eigenvalue weighted by Crippen LogP contribution is -2.26. The number of nitro groups is 1. The second-order valence-corrected chi connectivity index (χ2v) is 4.73. The molecule has 0 amide bonds. The molecule has 0 aliphatic carbocycles. The molecule has 0 saturated heterocycles. The van der Waals surface area contributed by atoms with Crippen LogP contribution >= 0.6 is 0 Å². The minimum absolute atomic E-state index is 0.0208. The molecule has 2 aromatic rings. The molecule has 0 aliphatic rings. The van der Waals surface area contributed by atoms with Gasteiger partial charge in [-0.05, 0) is 12.5 Å². The molecule has 1 aromatic carbocycles. The minimum atomic E-state index is -0.484. The van der Waals surface area contributed by atoms with Gasteiger partial charge in [0.2, 0.25) is 0 Å². The lowest BCUT2D eigenvalue weighted by Gasteiger charge is -2.08. The molecule has 0 unspecified atom stereocenters. The fourth-order valence-corrected chi connectivity index (χ4v) is 2.09. The van der Waals surface area contributed by atoms with Gasteiger partial charge in [0.15, 0.2) is 0 Å². The number of hydrogen-bond donors (Lipinski definition) is 0. The topological polar surface area (TPSA) is 102 Å². The summed E-state index contributed by atoms with van der Waals surface area (Å²) in [5.74, 6) is 0. The van der Waals surface area contributed by atoms with Crippen molar-refractivity contribution in [2.75, 3.05) is 0 Å². The van der Waals surface area contributed by atoms with Crippen molar-refractivity contribution in [2.45, 2.75) is 26.3 Å². The SMILES string of the molecule is CCCn1nc(-c2cccc([N+](=O)[O-])c2)cc(CC#N)c1=O. The maximum absolute atomic E-state index is 12.1. The summed E-state index contributed by atoms with van der Waals surface area (Å²) in [6, 6.07) is 9.52. The van der Waals surface area contributed by atoms with E-state index in [1.54, 1.807) is 12.1 Å². The van der Waals surface area contributed by atoms with E-state index in [2.05, 4.69) is 5.10 Å². The van der Waals surface area contributed by atoms with Crippen molar-refractivity contribution >= 4 is 5.69 Å². The molecule has 0 saturated carbocycles. The van der Waals surface area contributed by atoms with Crippen LogP contribution in [0.1, 0.15) is 18.9 Å². The quantitative estimate of drug-likeness (QED) is 0.622. The first kappa shape index (κ1) is 15.4. The number of nitrogens with zero attached hydrogens (tertiary/aromatic N) is 4. The van der Waals surface area contributed by atoms with E-state index in [9.17, 15) is 14.9 Å². The second kappa shape index (κ2) is 6.63. The van der Waals surface area contributed by atoms with Crippen molar-refractivity contribution in [1.29, 1.82) is 5.26 Å². The maximum Gasteiger partial charge on any atom is 0.271 e.